The number of rotatable bonds is 4. The Kier molecular flexibility index (Phi) is 4.67. The maximum atomic E-state index is 3.46. The lowest BCUT2D eigenvalue weighted by molar-refractivity contribution is 0.355. The molecule has 0 aliphatic carbocycles. The van der Waals surface area contributed by atoms with Crippen LogP contribution in [0.5, 0.6) is 0 Å². The summed E-state index contributed by atoms with van der Waals surface area (Å²) in [6.07, 6.45) is 1.22. The fraction of sp³-hybridized carbons (Fsp3) is 0.684. The minimum absolute atomic E-state index is 0.232. The molecule has 2 heteroatoms. The summed E-state index contributed by atoms with van der Waals surface area (Å²) in [5.74, 6) is 0.631. The van der Waals surface area contributed by atoms with Crippen LogP contribution in [0, 0.1) is 6.92 Å². The van der Waals surface area contributed by atoms with Crippen LogP contribution in [0.3, 0.4) is 0 Å². The molecule has 0 bridgehead atoms. The van der Waals surface area contributed by atoms with Gasteiger partial charge in [-0.1, -0.05) is 19.9 Å². The van der Waals surface area contributed by atoms with Crippen LogP contribution in [-0.4, -0.2) is 18.1 Å². The Hall–Kier alpha value is -1.02. The highest BCUT2D eigenvalue weighted by Gasteiger charge is 2.37. The number of nitrogens with one attached hydrogen (secondary N) is 1. The number of aryl methyl sites for hydroxylation is 1. The largest absolute Gasteiger partial charge is 0.364 e. The van der Waals surface area contributed by atoms with Gasteiger partial charge >= 0.3 is 0 Å². The molecule has 0 radical (unpaired) electrons. The Balaban J connectivity index is 2.50. The summed E-state index contributed by atoms with van der Waals surface area (Å²) in [4.78, 5) is 2.62. The Bertz CT molecular complexity index is 503. The van der Waals surface area contributed by atoms with Gasteiger partial charge in [-0.2, -0.15) is 0 Å². The molecule has 0 saturated heterocycles. The average Bonchev–Trinajstić information content (AvgIpc) is 2.35. The Labute approximate surface area is 130 Å². The van der Waals surface area contributed by atoms with E-state index in [0.29, 0.717) is 12.0 Å². The van der Waals surface area contributed by atoms with Gasteiger partial charge in [-0.25, -0.2) is 0 Å². The fourth-order valence-corrected chi connectivity index (χ4v) is 4.07. The molecular formula is C19H32N2. The quantitative estimate of drug-likeness (QED) is 0.870. The lowest BCUT2D eigenvalue weighted by Gasteiger charge is -2.50. The molecular weight excluding hydrogens is 256 g/mol. The van der Waals surface area contributed by atoms with Crippen LogP contribution in [0.4, 0.5) is 5.69 Å². The van der Waals surface area contributed by atoms with Gasteiger partial charge in [0.2, 0.25) is 0 Å². The van der Waals surface area contributed by atoms with E-state index in [-0.39, 0.29) is 5.54 Å². The molecule has 1 aliphatic rings. The third-order valence-corrected chi connectivity index (χ3v) is 4.82. The Morgan fingerprint density at radius 1 is 1.33 bits per heavy atom. The fourth-order valence-electron chi connectivity index (χ4n) is 4.07. The van der Waals surface area contributed by atoms with E-state index < -0.39 is 0 Å². The van der Waals surface area contributed by atoms with Crippen molar-refractivity contribution in [3.8, 4) is 0 Å². The summed E-state index contributed by atoms with van der Waals surface area (Å²) >= 11 is 0. The molecule has 1 N–H and O–H groups in total. The van der Waals surface area contributed by atoms with Crippen molar-refractivity contribution in [3.05, 3.63) is 28.8 Å². The van der Waals surface area contributed by atoms with E-state index in [1.807, 2.05) is 0 Å². The second-order valence-electron chi connectivity index (χ2n) is 7.50. The van der Waals surface area contributed by atoms with Crippen molar-refractivity contribution in [2.75, 3.05) is 11.4 Å². The van der Waals surface area contributed by atoms with Crippen LogP contribution in [0.1, 0.15) is 70.6 Å². The number of nitrogens with zero attached hydrogens (tertiary/aromatic N) is 1. The molecule has 0 saturated carbocycles. The lowest BCUT2D eigenvalue weighted by atomic mass is 9.78. The Morgan fingerprint density at radius 3 is 2.57 bits per heavy atom. The topological polar surface area (TPSA) is 15.3 Å². The number of hydrogen-bond acceptors (Lipinski definition) is 2. The molecule has 2 nitrogen and oxygen atoms in total. The molecule has 1 heterocycles. The van der Waals surface area contributed by atoms with Crippen LogP contribution in [0.25, 0.3) is 0 Å². The van der Waals surface area contributed by atoms with Gasteiger partial charge in [0, 0.05) is 23.8 Å². The highest BCUT2D eigenvalue weighted by Crippen LogP contribution is 2.45. The van der Waals surface area contributed by atoms with E-state index in [9.17, 15) is 0 Å². The molecule has 0 aromatic heterocycles. The molecule has 1 atom stereocenters. The number of fused-ring (bicyclic) bond motifs is 1. The zero-order chi connectivity index (χ0) is 15.8. The molecule has 1 aromatic rings. The van der Waals surface area contributed by atoms with E-state index in [1.165, 1.54) is 28.8 Å². The molecule has 0 amide bonds. The van der Waals surface area contributed by atoms with Gasteiger partial charge in [0.25, 0.3) is 0 Å². The number of benzene rings is 1. The minimum Gasteiger partial charge on any atom is -0.364 e. The summed E-state index contributed by atoms with van der Waals surface area (Å²) in [6.45, 7) is 18.2. The first-order valence-electron chi connectivity index (χ1n) is 8.41. The highest BCUT2D eigenvalue weighted by molar-refractivity contribution is 5.63. The van der Waals surface area contributed by atoms with Gasteiger partial charge in [0.1, 0.15) is 0 Å². The average molecular weight is 288 g/mol. The first-order valence-corrected chi connectivity index (χ1v) is 8.41. The monoisotopic (exact) mass is 288 g/mol. The van der Waals surface area contributed by atoms with E-state index in [1.54, 1.807) is 0 Å². The molecule has 118 valence electrons. The van der Waals surface area contributed by atoms with Crippen molar-refractivity contribution in [2.45, 2.75) is 78.9 Å². The van der Waals surface area contributed by atoms with Crippen LogP contribution in [0.15, 0.2) is 12.1 Å². The van der Waals surface area contributed by atoms with Crippen LogP contribution in [-0.2, 0) is 6.54 Å². The van der Waals surface area contributed by atoms with Gasteiger partial charge in [0.15, 0.2) is 0 Å². The molecule has 0 fully saturated rings. The highest BCUT2D eigenvalue weighted by atomic mass is 15.2. The minimum atomic E-state index is 0.232. The van der Waals surface area contributed by atoms with Gasteiger partial charge in [-0.3, -0.25) is 0 Å². The van der Waals surface area contributed by atoms with Gasteiger partial charge in [-0.15, -0.1) is 0 Å². The van der Waals surface area contributed by atoms with E-state index in [2.05, 4.69) is 70.8 Å². The van der Waals surface area contributed by atoms with E-state index >= 15 is 0 Å². The summed E-state index contributed by atoms with van der Waals surface area (Å²) < 4.78 is 0. The van der Waals surface area contributed by atoms with Crippen molar-refractivity contribution in [2.24, 2.45) is 0 Å². The zero-order valence-electron chi connectivity index (χ0n) is 14.9. The SMILES string of the molecule is CCNCc1cc2c(cc1C)N(C(C)C)C(C)(C)CC2C. The smallest absolute Gasteiger partial charge is 0.0411 e. The molecule has 1 aromatic carbocycles. The maximum absolute atomic E-state index is 3.46. The van der Waals surface area contributed by atoms with Crippen LogP contribution >= 0.6 is 0 Å². The standard InChI is InChI=1S/C19H32N2/c1-8-20-12-16-10-17-15(5)11-19(6,7)21(13(2)3)18(17)9-14(16)4/h9-10,13,15,20H,8,11-12H2,1-7H3. The normalized spacial score (nSPS) is 20.8. The summed E-state index contributed by atoms with van der Waals surface area (Å²) in [6, 6.07) is 5.40. The Morgan fingerprint density at radius 2 is 2.00 bits per heavy atom. The van der Waals surface area contributed by atoms with E-state index in [4.69, 9.17) is 0 Å². The van der Waals surface area contributed by atoms with Gasteiger partial charge < -0.3 is 10.2 Å². The molecule has 2 rings (SSSR count). The maximum Gasteiger partial charge on any atom is 0.0411 e. The molecule has 1 aliphatic heterocycles. The number of anilines is 1. The number of hydrogen-bond donors (Lipinski definition) is 1. The third kappa shape index (κ3) is 3.11. The van der Waals surface area contributed by atoms with Gasteiger partial charge in [-0.05, 0) is 76.3 Å². The van der Waals surface area contributed by atoms with Crippen molar-refractivity contribution < 1.29 is 0 Å². The van der Waals surface area contributed by atoms with Crippen molar-refractivity contribution >= 4 is 5.69 Å². The van der Waals surface area contributed by atoms with Crippen LogP contribution in [0.2, 0.25) is 0 Å². The van der Waals surface area contributed by atoms with Crippen LogP contribution < -0.4 is 10.2 Å². The second kappa shape index (κ2) is 6.00. The third-order valence-electron chi connectivity index (χ3n) is 4.82. The molecule has 21 heavy (non-hydrogen) atoms. The van der Waals surface area contributed by atoms with Crippen molar-refractivity contribution in [1.82, 2.24) is 5.32 Å². The lowest BCUT2D eigenvalue weighted by Crippen LogP contribution is -2.51. The first kappa shape index (κ1) is 16.4. The van der Waals surface area contributed by atoms with E-state index in [0.717, 1.165) is 13.1 Å². The predicted octanol–water partition coefficient (Wildman–Crippen LogP) is 4.61. The first-order chi connectivity index (χ1) is 9.77. The van der Waals surface area contributed by atoms with Crippen molar-refractivity contribution in [1.29, 1.82) is 0 Å². The molecule has 1 unspecified atom stereocenters. The summed E-state index contributed by atoms with van der Waals surface area (Å²) in [5, 5.41) is 3.46. The van der Waals surface area contributed by atoms with Crippen molar-refractivity contribution in [3.63, 3.8) is 0 Å². The summed E-state index contributed by atoms with van der Waals surface area (Å²) in [5.41, 5.74) is 6.07. The molecule has 0 spiro atoms. The van der Waals surface area contributed by atoms with Gasteiger partial charge in [0.05, 0.1) is 0 Å². The zero-order valence-corrected chi connectivity index (χ0v) is 14.9. The predicted molar refractivity (Wildman–Crippen MR) is 93.3 cm³/mol. The second-order valence-corrected chi connectivity index (χ2v) is 7.50. The summed E-state index contributed by atoms with van der Waals surface area (Å²) in [7, 11) is 0.